The van der Waals surface area contributed by atoms with Gasteiger partial charge in [0, 0.05) is 18.5 Å². The number of hydrogen-bond acceptors (Lipinski definition) is 1. The molecular weight excluding hydrogens is 248 g/mol. The van der Waals surface area contributed by atoms with Crippen molar-refractivity contribution in [2.75, 3.05) is 13.1 Å². The standard InChI is InChI=1S/C15H19F2NO/c1-14(2,3)12-6-4-5-11(9-12)13(19)18-8-7-15(16,17)10-18/h4-6,9H,7-8,10H2,1-3H3. The predicted molar refractivity (Wildman–Crippen MR) is 70.6 cm³/mol. The first-order valence-electron chi connectivity index (χ1n) is 6.47. The number of likely N-dealkylation sites (tertiary alicyclic amines) is 1. The van der Waals surface area contributed by atoms with Crippen molar-refractivity contribution in [3.8, 4) is 0 Å². The third-order valence-electron chi connectivity index (χ3n) is 3.43. The molecule has 0 atom stereocenters. The SMILES string of the molecule is CC(C)(C)c1cccc(C(=O)N2CCC(F)(F)C2)c1. The van der Waals surface area contributed by atoms with Crippen molar-refractivity contribution < 1.29 is 13.6 Å². The molecule has 0 aromatic heterocycles. The molecule has 0 unspecified atom stereocenters. The molecule has 1 heterocycles. The molecule has 2 rings (SSSR count). The third-order valence-corrected chi connectivity index (χ3v) is 3.43. The van der Waals surface area contributed by atoms with Crippen molar-refractivity contribution in [2.24, 2.45) is 0 Å². The largest absolute Gasteiger partial charge is 0.332 e. The van der Waals surface area contributed by atoms with Gasteiger partial charge in [0.15, 0.2) is 0 Å². The van der Waals surface area contributed by atoms with Crippen molar-refractivity contribution in [3.05, 3.63) is 35.4 Å². The summed E-state index contributed by atoms with van der Waals surface area (Å²) >= 11 is 0. The Morgan fingerprint density at radius 3 is 2.53 bits per heavy atom. The summed E-state index contributed by atoms with van der Waals surface area (Å²) in [7, 11) is 0. The normalized spacial score (nSPS) is 18.7. The van der Waals surface area contributed by atoms with Gasteiger partial charge in [-0.3, -0.25) is 4.79 Å². The maximum atomic E-state index is 13.1. The fraction of sp³-hybridized carbons (Fsp3) is 0.533. The van der Waals surface area contributed by atoms with Crippen LogP contribution >= 0.6 is 0 Å². The fourth-order valence-electron chi connectivity index (χ4n) is 2.21. The Labute approximate surface area is 112 Å². The van der Waals surface area contributed by atoms with E-state index in [1.165, 1.54) is 4.90 Å². The van der Waals surface area contributed by atoms with E-state index in [1.54, 1.807) is 12.1 Å². The molecule has 1 aliphatic heterocycles. The molecule has 1 aromatic rings. The number of rotatable bonds is 1. The molecular formula is C15H19F2NO. The molecule has 1 amide bonds. The zero-order valence-electron chi connectivity index (χ0n) is 11.5. The van der Waals surface area contributed by atoms with E-state index in [-0.39, 0.29) is 24.3 Å². The minimum absolute atomic E-state index is 0.0642. The summed E-state index contributed by atoms with van der Waals surface area (Å²) < 4.78 is 26.3. The number of carbonyl (C=O) groups excluding carboxylic acids is 1. The number of benzene rings is 1. The quantitative estimate of drug-likeness (QED) is 0.763. The number of alkyl halides is 2. The predicted octanol–water partition coefficient (Wildman–Crippen LogP) is 3.47. The van der Waals surface area contributed by atoms with Gasteiger partial charge in [-0.1, -0.05) is 32.9 Å². The average Bonchev–Trinajstić information content (AvgIpc) is 2.68. The van der Waals surface area contributed by atoms with Gasteiger partial charge in [0.2, 0.25) is 0 Å². The highest BCUT2D eigenvalue weighted by atomic mass is 19.3. The summed E-state index contributed by atoms with van der Waals surface area (Å²) in [6.07, 6.45) is -0.238. The summed E-state index contributed by atoms with van der Waals surface area (Å²) in [5.41, 5.74) is 1.46. The van der Waals surface area contributed by atoms with E-state index in [0.717, 1.165) is 5.56 Å². The molecule has 104 valence electrons. The van der Waals surface area contributed by atoms with Crippen LogP contribution in [0.3, 0.4) is 0 Å². The first-order chi connectivity index (χ1) is 8.69. The second-order valence-electron chi connectivity index (χ2n) is 6.16. The van der Waals surface area contributed by atoms with E-state index >= 15 is 0 Å². The highest BCUT2D eigenvalue weighted by molar-refractivity contribution is 5.94. The summed E-state index contributed by atoms with van der Waals surface area (Å²) in [5.74, 6) is -3.04. The Bertz CT molecular complexity index is 491. The second kappa shape index (κ2) is 4.58. The van der Waals surface area contributed by atoms with Crippen LogP contribution in [0.15, 0.2) is 24.3 Å². The first-order valence-corrected chi connectivity index (χ1v) is 6.47. The van der Waals surface area contributed by atoms with Crippen LogP contribution in [0.25, 0.3) is 0 Å². The number of amides is 1. The lowest BCUT2D eigenvalue weighted by molar-refractivity contribution is 0.0120. The average molecular weight is 267 g/mol. The number of hydrogen-bond donors (Lipinski definition) is 0. The van der Waals surface area contributed by atoms with Crippen LogP contribution in [0.5, 0.6) is 0 Å². The van der Waals surface area contributed by atoms with Gasteiger partial charge >= 0.3 is 0 Å². The summed E-state index contributed by atoms with van der Waals surface area (Å²) in [6, 6.07) is 7.25. The summed E-state index contributed by atoms with van der Waals surface area (Å²) in [5, 5.41) is 0. The van der Waals surface area contributed by atoms with Crippen molar-refractivity contribution in [1.82, 2.24) is 4.90 Å². The molecule has 0 saturated carbocycles. The molecule has 0 radical (unpaired) electrons. The summed E-state index contributed by atoms with van der Waals surface area (Å²) in [4.78, 5) is 13.4. The third kappa shape index (κ3) is 3.11. The van der Waals surface area contributed by atoms with Gasteiger partial charge in [-0.15, -0.1) is 0 Å². The van der Waals surface area contributed by atoms with Gasteiger partial charge in [-0.25, -0.2) is 8.78 Å². The van der Waals surface area contributed by atoms with E-state index in [9.17, 15) is 13.6 Å². The maximum Gasteiger partial charge on any atom is 0.267 e. The Hall–Kier alpha value is -1.45. The molecule has 1 aromatic carbocycles. The van der Waals surface area contributed by atoms with E-state index in [0.29, 0.717) is 5.56 Å². The first kappa shape index (κ1) is 14.0. The number of halogens is 2. The van der Waals surface area contributed by atoms with E-state index in [2.05, 4.69) is 20.8 Å². The Kier molecular flexibility index (Phi) is 3.37. The molecule has 19 heavy (non-hydrogen) atoms. The van der Waals surface area contributed by atoms with Crippen LogP contribution in [-0.2, 0) is 5.41 Å². The Morgan fingerprint density at radius 1 is 1.32 bits per heavy atom. The second-order valence-corrected chi connectivity index (χ2v) is 6.16. The Morgan fingerprint density at radius 2 is 2.00 bits per heavy atom. The molecule has 0 bridgehead atoms. The van der Waals surface area contributed by atoms with E-state index in [4.69, 9.17) is 0 Å². The van der Waals surface area contributed by atoms with Crippen molar-refractivity contribution in [2.45, 2.75) is 38.5 Å². The Balaban J connectivity index is 2.21. The zero-order chi connectivity index (χ0) is 14.3. The highest BCUT2D eigenvalue weighted by Gasteiger charge is 2.40. The molecule has 0 aliphatic carbocycles. The van der Waals surface area contributed by atoms with Crippen LogP contribution in [0, 0.1) is 0 Å². The number of nitrogens with zero attached hydrogens (tertiary/aromatic N) is 1. The lowest BCUT2D eigenvalue weighted by Crippen LogP contribution is -2.31. The minimum Gasteiger partial charge on any atom is -0.332 e. The van der Waals surface area contributed by atoms with Gasteiger partial charge in [0.1, 0.15) is 0 Å². The molecule has 0 N–H and O–H groups in total. The smallest absolute Gasteiger partial charge is 0.267 e. The van der Waals surface area contributed by atoms with Gasteiger partial charge in [-0.05, 0) is 23.1 Å². The van der Waals surface area contributed by atoms with Gasteiger partial charge in [-0.2, -0.15) is 0 Å². The van der Waals surface area contributed by atoms with Crippen LogP contribution in [0.1, 0.15) is 43.1 Å². The van der Waals surface area contributed by atoms with Crippen molar-refractivity contribution in [1.29, 1.82) is 0 Å². The van der Waals surface area contributed by atoms with Gasteiger partial charge < -0.3 is 4.90 Å². The number of carbonyl (C=O) groups is 1. The van der Waals surface area contributed by atoms with E-state index < -0.39 is 12.5 Å². The monoisotopic (exact) mass is 267 g/mol. The topological polar surface area (TPSA) is 20.3 Å². The fourth-order valence-corrected chi connectivity index (χ4v) is 2.21. The van der Waals surface area contributed by atoms with Gasteiger partial charge in [0.05, 0.1) is 6.54 Å². The van der Waals surface area contributed by atoms with Gasteiger partial charge in [0.25, 0.3) is 11.8 Å². The highest BCUT2D eigenvalue weighted by Crippen LogP contribution is 2.29. The lowest BCUT2D eigenvalue weighted by Gasteiger charge is -2.21. The molecule has 4 heteroatoms. The van der Waals surface area contributed by atoms with Crippen LogP contribution in [0.4, 0.5) is 8.78 Å². The molecule has 0 spiro atoms. The molecule has 2 nitrogen and oxygen atoms in total. The summed E-state index contributed by atoms with van der Waals surface area (Å²) in [6.45, 7) is 5.83. The molecule has 1 saturated heterocycles. The van der Waals surface area contributed by atoms with Crippen molar-refractivity contribution >= 4 is 5.91 Å². The molecule has 1 aliphatic rings. The minimum atomic E-state index is -2.74. The maximum absolute atomic E-state index is 13.1. The van der Waals surface area contributed by atoms with Crippen LogP contribution in [-0.4, -0.2) is 29.8 Å². The molecule has 1 fully saturated rings. The zero-order valence-corrected chi connectivity index (χ0v) is 11.5. The van der Waals surface area contributed by atoms with E-state index in [1.807, 2.05) is 12.1 Å². The lowest BCUT2D eigenvalue weighted by atomic mass is 9.86. The van der Waals surface area contributed by atoms with Crippen molar-refractivity contribution in [3.63, 3.8) is 0 Å². The van der Waals surface area contributed by atoms with Crippen LogP contribution in [0.2, 0.25) is 0 Å². The van der Waals surface area contributed by atoms with Crippen LogP contribution < -0.4 is 0 Å².